The second-order valence-corrected chi connectivity index (χ2v) is 5.16. The van der Waals surface area contributed by atoms with Crippen LogP contribution in [-0.4, -0.2) is 18.4 Å². The Morgan fingerprint density at radius 1 is 1.33 bits per heavy atom. The van der Waals surface area contributed by atoms with E-state index < -0.39 is 23.7 Å². The highest BCUT2D eigenvalue weighted by molar-refractivity contribution is 6.31. The number of carbonyl (C=O) groups excluding carboxylic acids is 2. The molecule has 24 heavy (non-hydrogen) atoms. The Hall–Kier alpha value is -2.85. The van der Waals surface area contributed by atoms with Crippen LogP contribution in [-0.2, 0) is 4.79 Å². The highest BCUT2D eigenvalue weighted by atomic mass is 35.5. The number of hydrogen-bond acceptors (Lipinski definition) is 4. The van der Waals surface area contributed by atoms with Crippen LogP contribution in [0, 0.1) is 17.1 Å². The second-order valence-electron chi connectivity index (χ2n) is 4.75. The van der Waals surface area contributed by atoms with Crippen LogP contribution < -0.4 is 10.6 Å². The van der Waals surface area contributed by atoms with Gasteiger partial charge in [0.2, 0.25) is 5.91 Å². The van der Waals surface area contributed by atoms with E-state index in [4.69, 9.17) is 21.3 Å². The summed E-state index contributed by atoms with van der Waals surface area (Å²) in [5.74, 6) is -1.54. The molecule has 0 radical (unpaired) electrons. The number of furan rings is 1. The summed E-state index contributed by atoms with van der Waals surface area (Å²) in [6.45, 7) is 0.0362. The van der Waals surface area contributed by atoms with Gasteiger partial charge in [0.1, 0.15) is 11.9 Å². The van der Waals surface area contributed by atoms with Crippen LogP contribution >= 0.6 is 11.6 Å². The van der Waals surface area contributed by atoms with Gasteiger partial charge in [-0.2, -0.15) is 5.26 Å². The van der Waals surface area contributed by atoms with Gasteiger partial charge in [0.15, 0.2) is 5.76 Å². The van der Waals surface area contributed by atoms with Gasteiger partial charge in [-0.1, -0.05) is 17.7 Å². The van der Waals surface area contributed by atoms with Gasteiger partial charge >= 0.3 is 0 Å². The number of hydrogen-bond donors (Lipinski definition) is 2. The van der Waals surface area contributed by atoms with Crippen molar-refractivity contribution in [3.63, 3.8) is 0 Å². The SMILES string of the molecule is N#CC(NC(=O)CCNC(=O)c1ccco1)c1c(F)cccc1Cl. The van der Waals surface area contributed by atoms with Gasteiger partial charge in [-0.25, -0.2) is 4.39 Å². The summed E-state index contributed by atoms with van der Waals surface area (Å²) in [6, 6.07) is 7.62. The normalized spacial score (nSPS) is 11.4. The Morgan fingerprint density at radius 2 is 2.12 bits per heavy atom. The summed E-state index contributed by atoms with van der Waals surface area (Å²) in [7, 11) is 0. The van der Waals surface area contributed by atoms with E-state index in [2.05, 4.69) is 10.6 Å². The summed E-state index contributed by atoms with van der Waals surface area (Å²) in [4.78, 5) is 23.5. The van der Waals surface area contributed by atoms with E-state index in [1.807, 2.05) is 0 Å². The number of nitrogens with one attached hydrogen (secondary N) is 2. The molecule has 2 aromatic rings. The minimum atomic E-state index is -1.22. The van der Waals surface area contributed by atoms with E-state index >= 15 is 0 Å². The predicted octanol–water partition coefficient (Wildman–Crippen LogP) is 2.57. The quantitative estimate of drug-likeness (QED) is 0.837. The van der Waals surface area contributed by atoms with E-state index in [0.717, 1.165) is 6.07 Å². The van der Waals surface area contributed by atoms with Crippen molar-refractivity contribution in [1.29, 1.82) is 5.26 Å². The van der Waals surface area contributed by atoms with E-state index in [9.17, 15) is 14.0 Å². The van der Waals surface area contributed by atoms with Crippen molar-refractivity contribution in [2.24, 2.45) is 0 Å². The summed E-state index contributed by atoms with van der Waals surface area (Å²) < 4.78 is 18.7. The third-order valence-corrected chi connectivity index (χ3v) is 3.43. The lowest BCUT2D eigenvalue weighted by Crippen LogP contribution is -2.32. The molecule has 2 amide bonds. The fourth-order valence-electron chi connectivity index (χ4n) is 1.97. The van der Waals surface area contributed by atoms with Crippen molar-refractivity contribution in [1.82, 2.24) is 10.6 Å². The molecule has 1 heterocycles. The maximum absolute atomic E-state index is 13.8. The first kappa shape index (κ1) is 17.5. The maximum Gasteiger partial charge on any atom is 0.286 e. The monoisotopic (exact) mass is 349 g/mol. The first-order chi connectivity index (χ1) is 11.5. The van der Waals surface area contributed by atoms with Gasteiger partial charge in [0, 0.05) is 23.6 Å². The van der Waals surface area contributed by atoms with Crippen molar-refractivity contribution in [2.75, 3.05) is 6.54 Å². The molecule has 2 N–H and O–H groups in total. The molecule has 1 aromatic carbocycles. The van der Waals surface area contributed by atoms with Gasteiger partial charge < -0.3 is 15.1 Å². The molecule has 1 atom stereocenters. The molecule has 0 aliphatic rings. The smallest absolute Gasteiger partial charge is 0.286 e. The van der Waals surface area contributed by atoms with Crippen molar-refractivity contribution in [2.45, 2.75) is 12.5 Å². The fourth-order valence-corrected chi connectivity index (χ4v) is 2.25. The molecule has 0 saturated heterocycles. The largest absolute Gasteiger partial charge is 0.459 e. The summed E-state index contributed by atoms with van der Waals surface area (Å²) in [5.41, 5.74) is -0.0883. The summed E-state index contributed by atoms with van der Waals surface area (Å²) in [6.07, 6.45) is 1.27. The van der Waals surface area contributed by atoms with Crippen LogP contribution in [0.4, 0.5) is 4.39 Å². The molecule has 0 aliphatic heterocycles. The molecule has 0 spiro atoms. The zero-order chi connectivity index (χ0) is 17.5. The van der Waals surface area contributed by atoms with E-state index in [0.29, 0.717) is 0 Å². The lowest BCUT2D eigenvalue weighted by atomic mass is 10.1. The molecule has 0 fully saturated rings. The Morgan fingerprint density at radius 3 is 2.75 bits per heavy atom. The first-order valence-electron chi connectivity index (χ1n) is 6.97. The topological polar surface area (TPSA) is 95.1 Å². The molecule has 0 bridgehead atoms. The zero-order valence-electron chi connectivity index (χ0n) is 12.4. The van der Waals surface area contributed by atoms with Gasteiger partial charge in [0.05, 0.1) is 12.3 Å². The lowest BCUT2D eigenvalue weighted by Gasteiger charge is -2.14. The Balaban J connectivity index is 1.89. The summed E-state index contributed by atoms with van der Waals surface area (Å²) in [5, 5.41) is 14.1. The van der Waals surface area contributed by atoms with Crippen molar-refractivity contribution < 1.29 is 18.4 Å². The van der Waals surface area contributed by atoms with E-state index in [1.54, 1.807) is 12.1 Å². The van der Waals surface area contributed by atoms with Crippen LogP contribution in [0.2, 0.25) is 5.02 Å². The van der Waals surface area contributed by atoms with Gasteiger partial charge in [-0.05, 0) is 24.3 Å². The minimum absolute atomic E-state index is 0.0362. The van der Waals surface area contributed by atoms with Crippen molar-refractivity contribution in [3.05, 3.63) is 58.8 Å². The minimum Gasteiger partial charge on any atom is -0.459 e. The second kappa shape index (κ2) is 8.13. The molecule has 1 aromatic heterocycles. The number of benzene rings is 1. The van der Waals surface area contributed by atoms with E-state index in [-0.39, 0.29) is 29.3 Å². The third kappa shape index (κ3) is 4.33. The number of amides is 2. The first-order valence-corrected chi connectivity index (χ1v) is 7.35. The Labute approximate surface area is 142 Å². The molecular formula is C16H13ClFN3O3. The highest BCUT2D eigenvalue weighted by Gasteiger charge is 2.20. The van der Waals surface area contributed by atoms with Crippen molar-refractivity contribution in [3.8, 4) is 6.07 Å². The maximum atomic E-state index is 13.8. The summed E-state index contributed by atoms with van der Waals surface area (Å²) >= 11 is 5.88. The number of halogens is 2. The predicted molar refractivity (Wildman–Crippen MR) is 83.6 cm³/mol. The Kier molecular flexibility index (Phi) is 5.93. The lowest BCUT2D eigenvalue weighted by molar-refractivity contribution is -0.121. The number of nitrogens with zero attached hydrogens (tertiary/aromatic N) is 1. The van der Waals surface area contributed by atoms with Crippen LogP contribution in [0.5, 0.6) is 0 Å². The fraction of sp³-hybridized carbons (Fsp3) is 0.188. The Bertz CT molecular complexity index is 751. The molecular weight excluding hydrogens is 337 g/mol. The average molecular weight is 350 g/mol. The van der Waals surface area contributed by atoms with Crippen LogP contribution in [0.1, 0.15) is 28.6 Å². The number of rotatable bonds is 6. The van der Waals surface area contributed by atoms with Crippen molar-refractivity contribution >= 4 is 23.4 Å². The van der Waals surface area contributed by atoms with E-state index in [1.165, 1.54) is 24.5 Å². The molecule has 124 valence electrons. The van der Waals surface area contributed by atoms with Crippen LogP contribution in [0.25, 0.3) is 0 Å². The molecule has 6 nitrogen and oxygen atoms in total. The van der Waals surface area contributed by atoms with Crippen LogP contribution in [0.3, 0.4) is 0 Å². The molecule has 1 unspecified atom stereocenters. The van der Waals surface area contributed by atoms with Gasteiger partial charge in [-0.3, -0.25) is 9.59 Å². The molecule has 8 heteroatoms. The molecule has 2 rings (SSSR count). The number of nitriles is 1. The van der Waals surface area contributed by atoms with Crippen LogP contribution in [0.15, 0.2) is 41.0 Å². The molecule has 0 saturated carbocycles. The standard InChI is InChI=1S/C16H13ClFN3O3/c17-10-3-1-4-11(18)15(10)12(9-19)21-14(22)6-7-20-16(23)13-5-2-8-24-13/h1-5,8,12H,6-7H2,(H,20,23)(H,21,22). The molecule has 0 aliphatic carbocycles. The zero-order valence-corrected chi connectivity index (χ0v) is 13.1. The van der Waals surface area contributed by atoms with Gasteiger partial charge in [0.25, 0.3) is 5.91 Å². The van der Waals surface area contributed by atoms with Gasteiger partial charge in [-0.15, -0.1) is 0 Å². The average Bonchev–Trinajstić information content (AvgIpc) is 3.08. The highest BCUT2D eigenvalue weighted by Crippen LogP contribution is 2.25. The third-order valence-electron chi connectivity index (χ3n) is 3.11. The number of carbonyl (C=O) groups is 2.